The van der Waals surface area contributed by atoms with Crippen molar-refractivity contribution >= 4 is 5.97 Å². The van der Waals surface area contributed by atoms with Crippen LogP contribution in [0, 0.1) is 5.82 Å². The van der Waals surface area contributed by atoms with Gasteiger partial charge >= 0.3 is 5.97 Å². The third-order valence-corrected chi connectivity index (χ3v) is 2.63. The van der Waals surface area contributed by atoms with Gasteiger partial charge in [0.2, 0.25) is 0 Å². The zero-order chi connectivity index (χ0) is 13.1. The quantitative estimate of drug-likeness (QED) is 0.904. The minimum absolute atomic E-state index is 0.262. The summed E-state index contributed by atoms with van der Waals surface area (Å²) in [7, 11) is 1.54. The molecule has 0 saturated heterocycles. The molecule has 0 amide bonds. The van der Waals surface area contributed by atoms with Crippen LogP contribution in [-0.4, -0.2) is 18.2 Å². The van der Waals surface area contributed by atoms with Crippen molar-refractivity contribution in [3.05, 3.63) is 53.8 Å². The first-order chi connectivity index (χ1) is 8.63. The first-order valence-electron chi connectivity index (χ1n) is 5.29. The minimum atomic E-state index is -1.28. The number of hydrogen-bond acceptors (Lipinski definition) is 2. The molecule has 3 nitrogen and oxygen atoms in total. The van der Waals surface area contributed by atoms with E-state index in [9.17, 15) is 9.18 Å². The molecule has 0 heterocycles. The van der Waals surface area contributed by atoms with Crippen LogP contribution in [0.15, 0.2) is 42.5 Å². The van der Waals surface area contributed by atoms with E-state index in [0.717, 1.165) is 0 Å². The van der Waals surface area contributed by atoms with Crippen LogP contribution in [0.4, 0.5) is 4.39 Å². The van der Waals surface area contributed by atoms with Crippen LogP contribution in [0.2, 0.25) is 0 Å². The Morgan fingerprint density at radius 3 is 2.39 bits per heavy atom. The van der Waals surface area contributed by atoms with Crippen LogP contribution >= 0.6 is 0 Å². The molecule has 2 aromatic rings. The highest BCUT2D eigenvalue weighted by molar-refractivity contribution is 5.90. The Labute approximate surface area is 103 Å². The van der Waals surface area contributed by atoms with Gasteiger partial charge in [0, 0.05) is 5.56 Å². The SMILES string of the molecule is COc1ccc(-c2cccc(C(=O)O)c2F)cc1. The number of benzene rings is 2. The largest absolute Gasteiger partial charge is 0.497 e. The molecule has 92 valence electrons. The van der Waals surface area contributed by atoms with Crippen molar-refractivity contribution in [2.24, 2.45) is 0 Å². The number of hydrogen-bond donors (Lipinski definition) is 1. The Morgan fingerprint density at radius 2 is 1.83 bits per heavy atom. The highest BCUT2D eigenvalue weighted by Gasteiger charge is 2.14. The summed E-state index contributed by atoms with van der Waals surface area (Å²) in [4.78, 5) is 10.8. The van der Waals surface area contributed by atoms with Gasteiger partial charge in [-0.3, -0.25) is 0 Å². The molecule has 0 spiro atoms. The van der Waals surface area contributed by atoms with E-state index in [-0.39, 0.29) is 11.1 Å². The second-order valence-electron chi connectivity index (χ2n) is 3.70. The normalized spacial score (nSPS) is 10.1. The van der Waals surface area contributed by atoms with Crippen molar-refractivity contribution in [1.82, 2.24) is 0 Å². The van der Waals surface area contributed by atoms with Gasteiger partial charge in [-0.05, 0) is 23.8 Å². The smallest absolute Gasteiger partial charge is 0.338 e. The van der Waals surface area contributed by atoms with E-state index in [1.54, 1.807) is 37.4 Å². The molecule has 0 atom stereocenters. The number of carboxylic acids is 1. The Balaban J connectivity index is 2.50. The van der Waals surface area contributed by atoms with Crippen LogP contribution in [0.25, 0.3) is 11.1 Å². The highest BCUT2D eigenvalue weighted by atomic mass is 19.1. The summed E-state index contributed by atoms with van der Waals surface area (Å²) in [6, 6.07) is 11.1. The average Bonchev–Trinajstić information content (AvgIpc) is 2.39. The lowest BCUT2D eigenvalue weighted by atomic mass is 10.0. The number of carboxylic acid groups (broad SMARTS) is 1. The topological polar surface area (TPSA) is 46.5 Å². The molecule has 0 saturated carbocycles. The van der Waals surface area contributed by atoms with Gasteiger partial charge in [-0.2, -0.15) is 0 Å². The van der Waals surface area contributed by atoms with E-state index in [0.29, 0.717) is 11.3 Å². The summed E-state index contributed by atoms with van der Waals surface area (Å²) in [6.45, 7) is 0. The molecular weight excluding hydrogens is 235 g/mol. The summed E-state index contributed by atoms with van der Waals surface area (Å²) in [5, 5.41) is 8.86. The van der Waals surface area contributed by atoms with Crippen LogP contribution < -0.4 is 4.74 Å². The maximum atomic E-state index is 14.0. The second-order valence-corrected chi connectivity index (χ2v) is 3.70. The molecule has 0 aliphatic heterocycles. The van der Waals surface area contributed by atoms with Gasteiger partial charge < -0.3 is 9.84 Å². The number of ether oxygens (including phenoxy) is 1. The number of halogens is 1. The van der Waals surface area contributed by atoms with Gasteiger partial charge in [0.15, 0.2) is 0 Å². The molecule has 0 aliphatic rings. The fourth-order valence-electron chi connectivity index (χ4n) is 1.69. The van der Waals surface area contributed by atoms with Crippen molar-refractivity contribution in [2.75, 3.05) is 7.11 Å². The molecule has 0 fully saturated rings. The fraction of sp³-hybridized carbons (Fsp3) is 0.0714. The number of carbonyl (C=O) groups is 1. The molecular formula is C14H11FO3. The molecule has 0 bridgehead atoms. The molecule has 0 radical (unpaired) electrons. The minimum Gasteiger partial charge on any atom is -0.497 e. The summed E-state index contributed by atoms with van der Waals surface area (Å²) >= 11 is 0. The number of aromatic carboxylic acids is 1. The third kappa shape index (κ3) is 2.18. The maximum Gasteiger partial charge on any atom is 0.338 e. The molecule has 1 N–H and O–H groups in total. The molecule has 4 heteroatoms. The molecule has 0 unspecified atom stereocenters. The number of rotatable bonds is 3. The first-order valence-corrected chi connectivity index (χ1v) is 5.29. The zero-order valence-corrected chi connectivity index (χ0v) is 9.68. The summed E-state index contributed by atoms with van der Waals surface area (Å²) in [5.41, 5.74) is 0.539. The van der Waals surface area contributed by atoms with E-state index in [1.807, 2.05) is 0 Å². The van der Waals surface area contributed by atoms with Crippen molar-refractivity contribution in [3.8, 4) is 16.9 Å². The fourth-order valence-corrected chi connectivity index (χ4v) is 1.69. The summed E-state index contributed by atoms with van der Waals surface area (Å²) in [5.74, 6) is -1.34. The van der Waals surface area contributed by atoms with Gasteiger partial charge in [0.1, 0.15) is 11.6 Å². The van der Waals surface area contributed by atoms with Crippen molar-refractivity contribution in [1.29, 1.82) is 0 Å². The molecule has 2 aromatic carbocycles. The van der Waals surface area contributed by atoms with E-state index in [4.69, 9.17) is 9.84 Å². The Hall–Kier alpha value is -2.36. The molecule has 0 aromatic heterocycles. The second kappa shape index (κ2) is 4.87. The predicted molar refractivity (Wildman–Crippen MR) is 65.3 cm³/mol. The van der Waals surface area contributed by atoms with E-state index in [2.05, 4.69) is 0 Å². The zero-order valence-electron chi connectivity index (χ0n) is 9.68. The Bertz CT molecular complexity index is 576. The van der Waals surface area contributed by atoms with Crippen LogP contribution in [0.5, 0.6) is 5.75 Å². The predicted octanol–water partition coefficient (Wildman–Crippen LogP) is 3.20. The van der Waals surface area contributed by atoms with Gasteiger partial charge in [-0.15, -0.1) is 0 Å². The monoisotopic (exact) mass is 246 g/mol. The lowest BCUT2D eigenvalue weighted by Crippen LogP contribution is -2.01. The third-order valence-electron chi connectivity index (χ3n) is 2.63. The number of methoxy groups -OCH3 is 1. The maximum absolute atomic E-state index is 14.0. The Morgan fingerprint density at radius 1 is 1.17 bits per heavy atom. The molecule has 18 heavy (non-hydrogen) atoms. The molecule has 2 rings (SSSR count). The first kappa shape index (κ1) is 12.1. The highest BCUT2D eigenvalue weighted by Crippen LogP contribution is 2.26. The van der Waals surface area contributed by atoms with E-state index >= 15 is 0 Å². The van der Waals surface area contributed by atoms with Crippen LogP contribution in [-0.2, 0) is 0 Å². The van der Waals surface area contributed by atoms with Crippen molar-refractivity contribution < 1.29 is 19.0 Å². The van der Waals surface area contributed by atoms with Gasteiger partial charge in [-0.25, -0.2) is 9.18 Å². The summed E-state index contributed by atoms with van der Waals surface area (Å²) in [6.07, 6.45) is 0. The average molecular weight is 246 g/mol. The Kier molecular flexibility index (Phi) is 3.28. The lowest BCUT2D eigenvalue weighted by molar-refractivity contribution is 0.0692. The summed E-state index contributed by atoms with van der Waals surface area (Å²) < 4.78 is 19.0. The van der Waals surface area contributed by atoms with Crippen molar-refractivity contribution in [2.45, 2.75) is 0 Å². The van der Waals surface area contributed by atoms with Gasteiger partial charge in [0.25, 0.3) is 0 Å². The van der Waals surface area contributed by atoms with Gasteiger partial charge in [0.05, 0.1) is 12.7 Å². The van der Waals surface area contributed by atoms with E-state index < -0.39 is 11.8 Å². The van der Waals surface area contributed by atoms with Crippen LogP contribution in [0.1, 0.15) is 10.4 Å². The molecule has 0 aliphatic carbocycles. The lowest BCUT2D eigenvalue weighted by Gasteiger charge is -2.06. The van der Waals surface area contributed by atoms with Crippen LogP contribution in [0.3, 0.4) is 0 Å². The van der Waals surface area contributed by atoms with Crippen molar-refractivity contribution in [3.63, 3.8) is 0 Å². The van der Waals surface area contributed by atoms with E-state index in [1.165, 1.54) is 12.1 Å². The standard InChI is InChI=1S/C14H11FO3/c1-18-10-7-5-9(6-8-10)11-3-2-4-12(13(11)15)14(16)17/h2-8H,1H3,(H,16,17). The van der Waals surface area contributed by atoms with Gasteiger partial charge in [-0.1, -0.05) is 24.3 Å².